The van der Waals surface area contributed by atoms with E-state index in [4.69, 9.17) is 36.1 Å². The van der Waals surface area contributed by atoms with Crippen LogP contribution in [0.3, 0.4) is 0 Å². The monoisotopic (exact) mass is 1530 g/mol. The van der Waals surface area contributed by atoms with Gasteiger partial charge in [0.05, 0.1) is 25.4 Å². The van der Waals surface area contributed by atoms with Gasteiger partial charge in [0.1, 0.15) is 32.8 Å². The molecule has 0 saturated carbocycles. The molecule has 328 valence electrons. The number of nitrogens with two attached hydrogens (primary N) is 2. The number of benzene rings is 4. The zero-order valence-corrected chi connectivity index (χ0v) is 47.1. The number of aromatic nitrogens is 2. The quantitative estimate of drug-likeness (QED) is 0.0975. The van der Waals surface area contributed by atoms with E-state index in [1.54, 1.807) is 32.4 Å². The van der Waals surface area contributed by atoms with Crippen LogP contribution in [0.25, 0.3) is 22.3 Å². The predicted molar refractivity (Wildman–Crippen MR) is 279 cm³/mol. The smallest absolute Gasteiger partial charge is 0.243 e. The molecule has 0 bridgehead atoms. The van der Waals surface area contributed by atoms with Crippen LogP contribution in [0.4, 0.5) is 0 Å². The Kier molecular flexibility index (Phi) is 33.6. The van der Waals surface area contributed by atoms with Crippen molar-refractivity contribution in [2.24, 2.45) is 10.3 Å². The molecule has 2 heterocycles. The Morgan fingerprint density at radius 2 is 1.05 bits per heavy atom. The first-order valence-electron chi connectivity index (χ1n) is 15.7. The van der Waals surface area contributed by atoms with E-state index in [1.807, 2.05) is 81.3 Å². The average molecular weight is 1530 g/mol. The standard InChI is InChI=1S/C18H16N2O4S.C13H12O2.C5H5ClN2O2S.CI3.CHI2.CH4.2V/c1-23-15-7-5-13(6-8-15)14-3-2-4-16(11-14)24-17-9-10-20-12-18(17)25(19,21)22;1-15-13-7-5-10(6-8-13)11-3-2-4-12(14)9-11;6-4-1-2-8-3-5(4)11(7,9)10;2-1(3)4;2-1-3;;;/h2-12H,1H3,(H2,19,21,22);2-9,14H,1H3;1-3H,(H2,7,9,10);;1H;1H4;;/q;;;2*-1;;;. The van der Waals surface area contributed by atoms with E-state index in [9.17, 15) is 21.9 Å². The molecule has 0 atom stereocenters. The van der Waals surface area contributed by atoms with E-state index < -0.39 is 20.0 Å². The number of aromatic hydroxyl groups is 1. The first-order chi connectivity index (χ1) is 27.4. The zero-order valence-electron chi connectivity index (χ0n) is 31.1. The van der Waals surface area contributed by atoms with Crippen molar-refractivity contribution in [1.29, 1.82) is 0 Å². The maximum absolute atomic E-state index is 11.6. The van der Waals surface area contributed by atoms with Crippen LogP contribution in [0, 0.1) is 2.37 Å². The van der Waals surface area contributed by atoms with Crippen molar-refractivity contribution in [3.05, 3.63) is 141 Å². The third-order valence-corrected chi connectivity index (χ3v) is 9.15. The molecule has 0 aliphatic heterocycles. The SMILES string of the molecule is C.COc1ccc(-c2cccc(O)c2)cc1.COc1ccc(-c2cccc(Oc3ccncc3S(N)(=O)=O)c2)cc1.I[C-](I)I.I[CH-]I.NS(=O)(=O)c1cnccc1Cl.[V].[V]. The minimum atomic E-state index is -3.92. The van der Waals surface area contributed by atoms with Gasteiger partial charge in [-0.25, -0.2) is 29.5 Å². The molecule has 6 rings (SSSR count). The van der Waals surface area contributed by atoms with E-state index in [2.05, 4.69) is 123 Å². The van der Waals surface area contributed by atoms with Crippen molar-refractivity contribution in [2.45, 2.75) is 17.2 Å². The summed E-state index contributed by atoms with van der Waals surface area (Å²) in [6.07, 6.45) is 5.10. The van der Waals surface area contributed by atoms with Gasteiger partial charge in [-0.2, -0.15) is 0 Å². The van der Waals surface area contributed by atoms with Crippen LogP contribution in [0.1, 0.15) is 7.43 Å². The molecule has 6 aromatic rings. The van der Waals surface area contributed by atoms with Crippen LogP contribution >= 0.6 is 125 Å². The summed E-state index contributed by atoms with van der Waals surface area (Å²) >= 11 is 16.5. The number of hydrogen-bond donors (Lipinski definition) is 3. The summed E-state index contributed by atoms with van der Waals surface area (Å²) in [5, 5.41) is 19.4. The summed E-state index contributed by atoms with van der Waals surface area (Å²) < 4.78 is 63.9. The molecule has 61 heavy (non-hydrogen) atoms. The second-order valence-electron chi connectivity index (χ2n) is 10.7. The fourth-order valence-electron chi connectivity index (χ4n) is 4.36. The zero-order chi connectivity index (χ0) is 43.3. The van der Waals surface area contributed by atoms with Crippen LogP contribution in [-0.2, 0) is 57.2 Å². The topological polar surface area (TPSA) is 194 Å². The van der Waals surface area contributed by atoms with Gasteiger partial charge in [0.25, 0.3) is 0 Å². The molecule has 22 heteroatoms. The molecule has 0 fully saturated rings. The van der Waals surface area contributed by atoms with Gasteiger partial charge in [-0.05, 0) is 76.9 Å². The maximum atomic E-state index is 11.6. The summed E-state index contributed by atoms with van der Waals surface area (Å²) in [5.41, 5.74) is 3.96. The first-order valence-corrected chi connectivity index (χ1v) is 24.9. The van der Waals surface area contributed by atoms with Gasteiger partial charge >= 0.3 is 0 Å². The third kappa shape index (κ3) is 24.4. The van der Waals surface area contributed by atoms with Gasteiger partial charge in [-0.15, -0.1) is -0.0619 Å². The third-order valence-electron chi connectivity index (χ3n) is 6.85. The predicted octanol–water partition coefficient (Wildman–Crippen LogP) is 12.0. The number of methoxy groups -OCH3 is 2. The Morgan fingerprint density at radius 1 is 0.639 bits per heavy atom. The molecule has 0 aliphatic carbocycles. The minimum absolute atomic E-state index is 0. The van der Waals surface area contributed by atoms with Crippen LogP contribution in [0.5, 0.6) is 28.7 Å². The number of sulfonamides is 2. The van der Waals surface area contributed by atoms with E-state index in [0.29, 0.717) is 5.75 Å². The van der Waals surface area contributed by atoms with E-state index in [-0.39, 0.29) is 70.9 Å². The van der Waals surface area contributed by atoms with Gasteiger partial charge in [-0.3, -0.25) is 77.7 Å². The number of primary sulfonamides is 2. The van der Waals surface area contributed by atoms with E-state index in [1.165, 1.54) is 24.5 Å². The number of halogens is 6. The number of phenolic OH excluding ortho intramolecular Hbond substituents is 1. The van der Waals surface area contributed by atoms with Crippen LogP contribution in [-0.4, -0.2) is 46.1 Å². The number of rotatable bonds is 8. The normalized spacial score (nSPS) is 9.95. The Hall–Kier alpha value is -0.691. The van der Waals surface area contributed by atoms with Crippen molar-refractivity contribution < 1.29 is 73.3 Å². The molecule has 0 unspecified atom stereocenters. The molecule has 0 amide bonds. The number of ether oxygens (including phenoxy) is 3. The van der Waals surface area contributed by atoms with Crippen molar-refractivity contribution in [3.8, 4) is 51.0 Å². The van der Waals surface area contributed by atoms with Crippen molar-refractivity contribution in [1.82, 2.24) is 9.97 Å². The molecule has 0 aliphatic rings. The Balaban J connectivity index is 0. The minimum Gasteiger partial charge on any atom is -0.508 e. The summed E-state index contributed by atoms with van der Waals surface area (Å²) in [5.74, 6) is 2.50. The fraction of sp³-hybridized carbons (Fsp3) is 0.0769. The molecule has 12 nitrogen and oxygen atoms in total. The summed E-state index contributed by atoms with van der Waals surface area (Å²) in [7, 11) is -4.40. The fourth-order valence-corrected chi connectivity index (χ4v) is 5.93. The number of hydrogen-bond acceptors (Lipinski definition) is 10. The molecule has 5 N–H and O–H groups in total. The van der Waals surface area contributed by atoms with Gasteiger partial charge in [0.15, 0.2) is 5.75 Å². The molecule has 4 aromatic carbocycles. The van der Waals surface area contributed by atoms with Crippen molar-refractivity contribution in [2.75, 3.05) is 14.2 Å². The summed E-state index contributed by atoms with van der Waals surface area (Å²) in [6, 6.07) is 32.6. The van der Waals surface area contributed by atoms with Crippen LogP contribution < -0.4 is 24.5 Å². The number of pyridine rings is 2. The van der Waals surface area contributed by atoms with Crippen LogP contribution in [0.2, 0.25) is 5.02 Å². The van der Waals surface area contributed by atoms with Crippen molar-refractivity contribution in [3.63, 3.8) is 0 Å². The molecular weight excluding hydrogens is 1490 g/mol. The Bertz CT molecular complexity index is 2400. The second-order valence-corrected chi connectivity index (χ2v) is 27.2. The number of nitrogens with zero attached hydrogens (tertiary/aromatic N) is 2. The largest absolute Gasteiger partial charge is 0.508 e. The van der Waals surface area contributed by atoms with Gasteiger partial charge in [0, 0.05) is 61.8 Å². The maximum Gasteiger partial charge on any atom is 0.243 e. The summed E-state index contributed by atoms with van der Waals surface area (Å²) in [4.78, 5) is 7.04. The van der Waals surface area contributed by atoms with E-state index in [0.717, 1.165) is 46.1 Å². The molecule has 0 saturated heterocycles. The molecule has 0 spiro atoms. The molecule has 2 aromatic heterocycles. The number of phenols is 1. The van der Waals surface area contributed by atoms with Gasteiger partial charge in [0.2, 0.25) is 20.0 Å². The van der Waals surface area contributed by atoms with Gasteiger partial charge in [-0.1, -0.05) is 67.6 Å². The van der Waals surface area contributed by atoms with E-state index >= 15 is 0 Å². The van der Waals surface area contributed by atoms with Gasteiger partial charge < -0.3 is 64.5 Å². The molecular formula is C39H38ClI5N4O8S2V2-2. The van der Waals surface area contributed by atoms with Crippen molar-refractivity contribution >= 4 is 145 Å². The Morgan fingerprint density at radius 3 is 1.44 bits per heavy atom. The average Bonchev–Trinajstić information content (AvgIpc) is 3.18. The van der Waals surface area contributed by atoms with Crippen LogP contribution in [0.15, 0.2) is 144 Å². The Labute approximate surface area is 455 Å². The molecule has 2 radical (unpaired) electrons. The first kappa shape index (κ1) is 62.4. The second kappa shape index (κ2) is 32.9. The summed E-state index contributed by atoms with van der Waals surface area (Å²) in [6.45, 7) is 0.